The molecule has 1 fully saturated rings. The van der Waals surface area contributed by atoms with Crippen molar-refractivity contribution in [2.24, 2.45) is 11.8 Å². The molecule has 7 nitrogen and oxygen atoms in total. The predicted molar refractivity (Wildman–Crippen MR) is 120 cm³/mol. The average molecular weight is 507 g/mol. The molecule has 1 N–H and O–H groups in total. The lowest BCUT2D eigenvalue weighted by Gasteiger charge is -2.15. The second kappa shape index (κ2) is 9.53. The van der Waals surface area contributed by atoms with E-state index in [0.29, 0.717) is 18.9 Å². The summed E-state index contributed by atoms with van der Waals surface area (Å²) in [5, 5.41) is 2.05. The molecule has 1 heterocycles. The van der Waals surface area contributed by atoms with E-state index in [0.717, 1.165) is 17.0 Å². The van der Waals surface area contributed by atoms with Gasteiger partial charge in [-0.15, -0.1) is 0 Å². The zero-order chi connectivity index (χ0) is 25.3. The van der Waals surface area contributed by atoms with Crippen LogP contribution in [0.5, 0.6) is 0 Å². The third kappa shape index (κ3) is 5.07. The number of ether oxygens (including phenoxy) is 1. The van der Waals surface area contributed by atoms with Crippen LogP contribution >= 0.6 is 11.6 Å². The van der Waals surface area contributed by atoms with E-state index in [4.69, 9.17) is 16.3 Å². The van der Waals surface area contributed by atoms with Crippen molar-refractivity contribution in [3.05, 3.63) is 70.8 Å². The number of imide groups is 1. The number of benzene rings is 2. The highest BCUT2D eigenvalue weighted by atomic mass is 35.5. The lowest BCUT2D eigenvalue weighted by molar-refractivity contribution is -0.137. The van der Waals surface area contributed by atoms with E-state index >= 15 is 0 Å². The van der Waals surface area contributed by atoms with Crippen LogP contribution < -0.4 is 10.2 Å². The van der Waals surface area contributed by atoms with Crippen LogP contribution in [0.1, 0.15) is 28.8 Å². The van der Waals surface area contributed by atoms with Crippen molar-refractivity contribution < 1.29 is 37.1 Å². The fourth-order valence-electron chi connectivity index (χ4n) is 4.02. The Labute approximate surface area is 202 Å². The van der Waals surface area contributed by atoms with Gasteiger partial charge in [-0.3, -0.25) is 19.3 Å². The van der Waals surface area contributed by atoms with Gasteiger partial charge in [-0.2, -0.15) is 13.2 Å². The molecule has 0 bridgehead atoms. The third-order valence-corrected chi connectivity index (χ3v) is 6.08. The maximum absolute atomic E-state index is 12.9. The molecular formula is C24H18ClF3N2O5. The van der Waals surface area contributed by atoms with Crippen LogP contribution in [0.4, 0.5) is 24.5 Å². The smallest absolute Gasteiger partial charge is 0.416 e. The molecule has 1 saturated heterocycles. The monoisotopic (exact) mass is 506 g/mol. The quantitative estimate of drug-likeness (QED) is 0.363. The van der Waals surface area contributed by atoms with Crippen LogP contribution in [0.15, 0.2) is 54.6 Å². The van der Waals surface area contributed by atoms with Gasteiger partial charge < -0.3 is 10.1 Å². The molecule has 0 spiro atoms. The van der Waals surface area contributed by atoms with Crippen molar-refractivity contribution in [2.45, 2.75) is 19.0 Å². The minimum Gasteiger partial charge on any atom is -0.452 e. The van der Waals surface area contributed by atoms with E-state index in [2.05, 4.69) is 5.32 Å². The van der Waals surface area contributed by atoms with Crippen LogP contribution in [-0.2, 0) is 25.3 Å². The Bertz CT molecular complexity index is 1220. The molecule has 0 radical (unpaired) electrons. The lowest BCUT2D eigenvalue weighted by atomic mass is 9.85. The fraction of sp³-hybridized carbons (Fsp3) is 0.250. The van der Waals surface area contributed by atoms with Crippen LogP contribution in [0, 0.1) is 11.8 Å². The van der Waals surface area contributed by atoms with Crippen LogP contribution in [0.2, 0.25) is 5.02 Å². The molecule has 2 aliphatic rings. The first-order valence-electron chi connectivity index (χ1n) is 10.5. The first-order valence-corrected chi connectivity index (χ1v) is 10.9. The number of amides is 3. The Hall–Kier alpha value is -3.66. The molecule has 35 heavy (non-hydrogen) atoms. The van der Waals surface area contributed by atoms with E-state index in [9.17, 15) is 32.3 Å². The highest BCUT2D eigenvalue weighted by Gasteiger charge is 2.47. The number of hydrogen-bond acceptors (Lipinski definition) is 5. The summed E-state index contributed by atoms with van der Waals surface area (Å²) < 4.78 is 43.6. The molecule has 2 aromatic rings. The Kier molecular flexibility index (Phi) is 6.66. The van der Waals surface area contributed by atoms with Crippen molar-refractivity contribution >= 4 is 46.7 Å². The van der Waals surface area contributed by atoms with Gasteiger partial charge in [-0.05, 0) is 49.2 Å². The number of carbonyl (C=O) groups excluding carboxylic acids is 4. The topological polar surface area (TPSA) is 92.8 Å². The molecule has 11 heteroatoms. The average Bonchev–Trinajstić information content (AvgIpc) is 3.08. The Balaban J connectivity index is 1.41. The van der Waals surface area contributed by atoms with Crippen LogP contribution in [0.25, 0.3) is 0 Å². The SMILES string of the molecule is O=C(COC(=O)c1cccc(N2C(=O)[C@H]3CC=CC[C@@H]3C2=O)c1)Nc1cc(C(F)(F)F)ccc1Cl. The number of rotatable bonds is 5. The number of nitrogens with zero attached hydrogens (tertiary/aromatic N) is 1. The van der Waals surface area contributed by atoms with Crippen LogP contribution in [0.3, 0.4) is 0 Å². The highest BCUT2D eigenvalue weighted by molar-refractivity contribution is 6.33. The van der Waals surface area contributed by atoms with E-state index in [1.54, 1.807) is 0 Å². The third-order valence-electron chi connectivity index (χ3n) is 5.75. The van der Waals surface area contributed by atoms with E-state index < -0.39 is 42.1 Å². The normalized spacial score (nSPS) is 19.5. The maximum Gasteiger partial charge on any atom is 0.416 e. The molecule has 2 aromatic carbocycles. The summed E-state index contributed by atoms with van der Waals surface area (Å²) in [5.41, 5.74) is -1.09. The largest absolute Gasteiger partial charge is 0.452 e. The molecular weight excluding hydrogens is 489 g/mol. The molecule has 0 aromatic heterocycles. The standard InChI is InChI=1S/C24H18ClF3N2O5/c25-18-9-8-14(24(26,27)28)11-19(18)29-20(31)12-35-23(34)13-4-3-5-15(10-13)30-21(32)16-6-1-2-7-17(16)22(30)33/h1-5,8-11,16-17H,6-7,12H2,(H,29,31)/t16-,17-/m0/s1. The van der Waals surface area contributed by atoms with Gasteiger partial charge in [0.05, 0.1) is 39.4 Å². The Morgan fingerprint density at radius 2 is 1.69 bits per heavy atom. The van der Waals surface area contributed by atoms with Gasteiger partial charge in [0.15, 0.2) is 6.61 Å². The summed E-state index contributed by atoms with van der Waals surface area (Å²) >= 11 is 5.84. The Morgan fingerprint density at radius 1 is 1.03 bits per heavy atom. The fourth-order valence-corrected chi connectivity index (χ4v) is 4.19. The van der Waals surface area contributed by atoms with Crippen molar-refractivity contribution in [2.75, 3.05) is 16.8 Å². The summed E-state index contributed by atoms with van der Waals surface area (Å²) in [6.07, 6.45) is 0.0351. The summed E-state index contributed by atoms with van der Waals surface area (Å²) in [6.45, 7) is -0.799. The van der Waals surface area contributed by atoms with Gasteiger partial charge in [0.25, 0.3) is 5.91 Å². The van der Waals surface area contributed by atoms with E-state index in [-0.39, 0.29) is 33.8 Å². The number of carbonyl (C=O) groups is 4. The van der Waals surface area contributed by atoms with Gasteiger partial charge in [0.1, 0.15) is 0 Å². The van der Waals surface area contributed by atoms with Crippen molar-refractivity contribution in [3.8, 4) is 0 Å². The summed E-state index contributed by atoms with van der Waals surface area (Å²) in [6, 6.07) is 8.10. The van der Waals surface area contributed by atoms with Gasteiger partial charge in [-0.25, -0.2) is 4.79 Å². The number of allylic oxidation sites excluding steroid dienone is 2. The first kappa shape index (κ1) is 24.5. The number of anilines is 2. The van der Waals surface area contributed by atoms with Crippen molar-refractivity contribution in [1.29, 1.82) is 0 Å². The molecule has 0 saturated carbocycles. The number of esters is 1. The second-order valence-electron chi connectivity index (χ2n) is 8.03. The van der Waals surface area contributed by atoms with Crippen molar-refractivity contribution in [3.63, 3.8) is 0 Å². The summed E-state index contributed by atoms with van der Waals surface area (Å²) in [5.74, 6) is -3.38. The molecule has 182 valence electrons. The number of nitrogens with one attached hydrogen (secondary N) is 1. The number of fused-ring (bicyclic) bond motifs is 1. The maximum atomic E-state index is 12.9. The number of hydrogen-bond donors (Lipinski definition) is 1. The van der Waals surface area contributed by atoms with Crippen molar-refractivity contribution in [1.82, 2.24) is 0 Å². The lowest BCUT2D eigenvalue weighted by Crippen LogP contribution is -2.31. The van der Waals surface area contributed by atoms with Gasteiger partial charge in [0, 0.05) is 0 Å². The highest BCUT2D eigenvalue weighted by Crippen LogP contribution is 2.38. The zero-order valence-corrected chi connectivity index (χ0v) is 18.7. The first-order chi connectivity index (χ1) is 16.6. The van der Waals surface area contributed by atoms with Gasteiger partial charge >= 0.3 is 12.1 Å². The number of alkyl halides is 3. The summed E-state index contributed by atoms with van der Waals surface area (Å²) in [7, 11) is 0. The van der Waals surface area contributed by atoms with Gasteiger partial charge in [0.2, 0.25) is 11.8 Å². The molecule has 2 atom stereocenters. The summed E-state index contributed by atoms with van der Waals surface area (Å²) in [4.78, 5) is 51.2. The predicted octanol–water partition coefficient (Wildman–Crippen LogP) is 4.61. The molecule has 3 amide bonds. The zero-order valence-electron chi connectivity index (χ0n) is 18.0. The Morgan fingerprint density at radius 3 is 2.31 bits per heavy atom. The van der Waals surface area contributed by atoms with Gasteiger partial charge in [-0.1, -0.05) is 29.8 Å². The minimum atomic E-state index is -4.63. The molecule has 1 aliphatic heterocycles. The second-order valence-corrected chi connectivity index (χ2v) is 8.44. The number of halogens is 4. The minimum absolute atomic E-state index is 0.0130. The molecule has 4 rings (SSSR count). The van der Waals surface area contributed by atoms with E-state index in [1.165, 1.54) is 24.3 Å². The van der Waals surface area contributed by atoms with E-state index in [1.807, 2.05) is 12.2 Å². The van der Waals surface area contributed by atoms with Crippen LogP contribution in [-0.4, -0.2) is 30.3 Å². The molecule has 1 aliphatic carbocycles. The molecule has 0 unspecified atom stereocenters.